The average Bonchev–Trinajstić information content (AvgIpc) is 2.80. The third kappa shape index (κ3) is 5.56. The van der Waals surface area contributed by atoms with Crippen LogP contribution in [0.5, 0.6) is 0 Å². The molecule has 0 atom stereocenters. The van der Waals surface area contributed by atoms with Crippen molar-refractivity contribution in [3.8, 4) is 0 Å². The molecule has 9 nitrogen and oxygen atoms in total. The molecular weight excluding hydrogens is 490 g/mol. The molecule has 1 N–H and O–H groups in total. The Morgan fingerprint density at radius 2 is 1.64 bits per heavy atom. The summed E-state index contributed by atoms with van der Waals surface area (Å²) < 4.78 is 59.0. The Labute approximate surface area is 199 Å². The maximum atomic E-state index is 13.0. The highest BCUT2D eigenvalue weighted by Crippen LogP contribution is 2.27. The van der Waals surface area contributed by atoms with E-state index in [9.17, 15) is 21.6 Å². The molecule has 2 aromatic rings. The second-order valence-corrected chi connectivity index (χ2v) is 11.5. The minimum atomic E-state index is -3.89. The van der Waals surface area contributed by atoms with Crippen LogP contribution in [-0.2, 0) is 24.8 Å². The van der Waals surface area contributed by atoms with Crippen molar-refractivity contribution in [2.75, 3.05) is 44.7 Å². The van der Waals surface area contributed by atoms with Crippen molar-refractivity contribution in [1.29, 1.82) is 0 Å². The Bertz CT molecular complexity index is 1210. The normalized spacial score (nSPS) is 15.5. The van der Waals surface area contributed by atoms with Gasteiger partial charge in [0.05, 0.1) is 23.1 Å². The Hall–Kier alpha value is -2.02. The zero-order chi connectivity index (χ0) is 24.2. The summed E-state index contributed by atoms with van der Waals surface area (Å²) in [5.41, 5.74) is 0.470. The Balaban J connectivity index is 1.80. The second kappa shape index (κ2) is 10.5. The van der Waals surface area contributed by atoms with Crippen LogP contribution in [0.4, 0.5) is 5.69 Å². The lowest BCUT2D eigenvalue weighted by atomic mass is 10.2. The minimum Gasteiger partial charge on any atom is -0.379 e. The number of hydrogen-bond donors (Lipinski definition) is 1. The van der Waals surface area contributed by atoms with Crippen LogP contribution in [0, 0.1) is 0 Å². The molecule has 0 radical (unpaired) electrons. The number of morpholine rings is 1. The molecule has 1 aliphatic heterocycles. The molecule has 0 aliphatic carbocycles. The van der Waals surface area contributed by atoms with Gasteiger partial charge in [-0.3, -0.25) is 4.79 Å². The fourth-order valence-corrected chi connectivity index (χ4v) is 6.76. The molecule has 0 spiro atoms. The van der Waals surface area contributed by atoms with E-state index in [1.807, 2.05) is 0 Å². The number of rotatable bonds is 8. The smallest absolute Gasteiger partial charge is 0.255 e. The van der Waals surface area contributed by atoms with Crippen LogP contribution in [0.2, 0.25) is 5.02 Å². The van der Waals surface area contributed by atoms with Crippen LogP contribution in [0.25, 0.3) is 0 Å². The molecule has 2 aromatic carbocycles. The molecule has 0 unspecified atom stereocenters. The van der Waals surface area contributed by atoms with Gasteiger partial charge in [0.15, 0.2) is 0 Å². The average molecular weight is 516 g/mol. The fourth-order valence-electron chi connectivity index (χ4n) is 3.39. The van der Waals surface area contributed by atoms with Crippen molar-refractivity contribution >= 4 is 43.2 Å². The van der Waals surface area contributed by atoms with Gasteiger partial charge in [-0.2, -0.15) is 8.61 Å². The quantitative estimate of drug-likeness (QED) is 0.578. The predicted octanol–water partition coefficient (Wildman–Crippen LogP) is 2.64. The van der Waals surface area contributed by atoms with Gasteiger partial charge in [0, 0.05) is 37.4 Å². The van der Waals surface area contributed by atoms with E-state index in [0.717, 1.165) is 0 Å². The van der Waals surface area contributed by atoms with Gasteiger partial charge in [0.2, 0.25) is 20.0 Å². The first kappa shape index (κ1) is 25.6. The molecule has 1 aliphatic rings. The maximum absolute atomic E-state index is 13.0. The number of nitrogens with zero attached hydrogens (tertiary/aromatic N) is 2. The van der Waals surface area contributed by atoms with Crippen LogP contribution < -0.4 is 5.32 Å². The molecule has 1 amide bonds. The van der Waals surface area contributed by atoms with Crippen LogP contribution in [0.3, 0.4) is 0 Å². The SMILES string of the molecule is CCN(CC)S(=O)(=O)c1ccc(NC(=O)c2ccc(Cl)c(S(=O)(=O)N3CCOCC3)c2)cc1. The summed E-state index contributed by atoms with van der Waals surface area (Å²) in [5, 5.41) is 2.67. The van der Waals surface area contributed by atoms with Gasteiger partial charge in [-0.15, -0.1) is 0 Å². The summed E-state index contributed by atoms with van der Waals surface area (Å²) in [6.07, 6.45) is 0. The zero-order valence-corrected chi connectivity index (χ0v) is 20.7. The third-order valence-electron chi connectivity index (χ3n) is 5.24. The Morgan fingerprint density at radius 1 is 1.03 bits per heavy atom. The lowest BCUT2D eigenvalue weighted by Gasteiger charge is -2.26. The van der Waals surface area contributed by atoms with Crippen LogP contribution in [0.15, 0.2) is 52.3 Å². The largest absolute Gasteiger partial charge is 0.379 e. The molecule has 0 aromatic heterocycles. The summed E-state index contributed by atoms with van der Waals surface area (Å²) in [6, 6.07) is 9.82. The molecule has 180 valence electrons. The lowest BCUT2D eigenvalue weighted by molar-refractivity contribution is 0.0730. The van der Waals surface area contributed by atoms with E-state index in [1.165, 1.54) is 51.1 Å². The maximum Gasteiger partial charge on any atom is 0.255 e. The van der Waals surface area contributed by atoms with E-state index >= 15 is 0 Å². The molecular formula is C21H26ClN3O6S2. The summed E-state index contributed by atoms with van der Waals surface area (Å²) in [7, 11) is -7.50. The summed E-state index contributed by atoms with van der Waals surface area (Å²) in [5.74, 6) is -0.551. The highest BCUT2D eigenvalue weighted by atomic mass is 35.5. The summed E-state index contributed by atoms with van der Waals surface area (Å²) >= 11 is 6.14. The highest BCUT2D eigenvalue weighted by molar-refractivity contribution is 7.89. The molecule has 1 fully saturated rings. The number of carbonyl (C=O) groups is 1. The highest BCUT2D eigenvalue weighted by Gasteiger charge is 2.29. The number of halogens is 1. The van der Waals surface area contributed by atoms with Gasteiger partial charge < -0.3 is 10.1 Å². The van der Waals surface area contributed by atoms with E-state index in [-0.39, 0.29) is 46.7 Å². The van der Waals surface area contributed by atoms with Gasteiger partial charge in [-0.1, -0.05) is 25.4 Å². The molecule has 0 saturated carbocycles. The van der Waals surface area contributed by atoms with E-state index in [4.69, 9.17) is 16.3 Å². The molecule has 0 bridgehead atoms. The zero-order valence-electron chi connectivity index (χ0n) is 18.3. The van der Waals surface area contributed by atoms with Crippen molar-refractivity contribution in [3.05, 3.63) is 53.1 Å². The van der Waals surface area contributed by atoms with Gasteiger partial charge in [0.1, 0.15) is 4.90 Å². The number of amides is 1. The molecule has 3 rings (SSSR count). The fraction of sp³-hybridized carbons (Fsp3) is 0.381. The van der Waals surface area contributed by atoms with Crippen LogP contribution >= 0.6 is 11.6 Å². The van der Waals surface area contributed by atoms with E-state index < -0.39 is 26.0 Å². The van der Waals surface area contributed by atoms with E-state index in [2.05, 4.69) is 5.32 Å². The molecule has 1 saturated heterocycles. The van der Waals surface area contributed by atoms with Crippen molar-refractivity contribution in [3.63, 3.8) is 0 Å². The number of sulfonamides is 2. The number of carbonyl (C=O) groups excluding carboxylic acids is 1. The predicted molar refractivity (Wildman–Crippen MR) is 126 cm³/mol. The Kier molecular flexibility index (Phi) is 8.14. The summed E-state index contributed by atoms with van der Waals surface area (Å²) in [4.78, 5) is 12.7. The van der Waals surface area contributed by atoms with Gasteiger partial charge in [0.25, 0.3) is 5.91 Å². The first-order valence-electron chi connectivity index (χ1n) is 10.4. The van der Waals surface area contributed by atoms with E-state index in [1.54, 1.807) is 13.8 Å². The number of hydrogen-bond acceptors (Lipinski definition) is 6. The standard InChI is InChI=1S/C21H26ClN3O6S2/c1-3-24(4-2)32(27,28)18-8-6-17(7-9-18)23-21(26)16-5-10-19(22)20(15-16)33(29,30)25-11-13-31-14-12-25/h5-10,15H,3-4,11-14H2,1-2H3,(H,23,26). The van der Waals surface area contributed by atoms with Gasteiger partial charge in [-0.05, 0) is 42.5 Å². The third-order valence-corrected chi connectivity index (χ3v) is 9.68. The molecule has 12 heteroatoms. The lowest BCUT2D eigenvalue weighted by Crippen LogP contribution is -2.40. The minimum absolute atomic E-state index is 0.0176. The molecule has 33 heavy (non-hydrogen) atoms. The first-order valence-corrected chi connectivity index (χ1v) is 13.7. The van der Waals surface area contributed by atoms with Crippen molar-refractivity contribution in [2.45, 2.75) is 23.6 Å². The Morgan fingerprint density at radius 3 is 2.21 bits per heavy atom. The van der Waals surface area contributed by atoms with Crippen molar-refractivity contribution in [2.24, 2.45) is 0 Å². The first-order chi connectivity index (χ1) is 15.6. The van der Waals surface area contributed by atoms with E-state index in [0.29, 0.717) is 18.8 Å². The van der Waals surface area contributed by atoms with Crippen LogP contribution in [0.1, 0.15) is 24.2 Å². The van der Waals surface area contributed by atoms with Gasteiger partial charge in [-0.25, -0.2) is 16.8 Å². The van der Waals surface area contributed by atoms with Crippen molar-refractivity contribution in [1.82, 2.24) is 8.61 Å². The molecule has 1 heterocycles. The number of ether oxygens (including phenoxy) is 1. The second-order valence-electron chi connectivity index (χ2n) is 7.23. The monoisotopic (exact) mass is 515 g/mol. The number of nitrogens with one attached hydrogen (secondary N) is 1. The number of benzene rings is 2. The topological polar surface area (TPSA) is 113 Å². The van der Waals surface area contributed by atoms with Crippen molar-refractivity contribution < 1.29 is 26.4 Å². The number of anilines is 1. The van der Waals surface area contributed by atoms with Crippen LogP contribution in [-0.4, -0.2) is 70.7 Å². The van der Waals surface area contributed by atoms with Gasteiger partial charge >= 0.3 is 0 Å². The summed E-state index contributed by atoms with van der Waals surface area (Å²) in [6.45, 7) is 5.21.